The van der Waals surface area contributed by atoms with Crippen LogP contribution in [0.25, 0.3) is 5.82 Å². The van der Waals surface area contributed by atoms with Crippen molar-refractivity contribution in [3.8, 4) is 5.82 Å². The van der Waals surface area contributed by atoms with Crippen LogP contribution in [0.15, 0.2) is 41.8 Å². The molecule has 1 aliphatic carbocycles. The Labute approximate surface area is 171 Å². The maximum Gasteiger partial charge on any atom is 0.262 e. The van der Waals surface area contributed by atoms with E-state index in [1.165, 1.54) is 50.3 Å². The molecule has 0 unspecified atom stereocenters. The molecule has 3 aromatic rings. The Bertz CT molecular complexity index is 1070. The minimum atomic E-state index is -3.75. The third-order valence-electron chi connectivity index (χ3n) is 5.65. The van der Waals surface area contributed by atoms with Crippen molar-refractivity contribution in [2.75, 3.05) is 4.72 Å². The van der Waals surface area contributed by atoms with E-state index in [1.807, 2.05) is 26.0 Å². The first-order chi connectivity index (χ1) is 14.0. The zero-order chi connectivity index (χ0) is 20.4. The van der Waals surface area contributed by atoms with Crippen LogP contribution in [0.3, 0.4) is 0 Å². The molecule has 29 heavy (non-hydrogen) atoms. The predicted octanol–water partition coefficient (Wildman–Crippen LogP) is 3.64. The molecule has 0 bridgehead atoms. The number of nitrogens with one attached hydrogen (secondary N) is 1. The summed E-state index contributed by atoms with van der Waals surface area (Å²) in [5, 5.41) is 12.1. The van der Waals surface area contributed by atoms with Gasteiger partial charge in [-0.3, -0.25) is 14.0 Å². The Morgan fingerprint density at radius 2 is 1.72 bits per heavy atom. The summed E-state index contributed by atoms with van der Waals surface area (Å²) in [5.74, 6) is 0.996. The molecule has 154 valence electrons. The molecule has 4 rings (SSSR count). The van der Waals surface area contributed by atoms with Gasteiger partial charge in [0.2, 0.25) is 0 Å². The summed E-state index contributed by atoms with van der Waals surface area (Å²) in [6.07, 6.45) is 9.16. The molecule has 0 amide bonds. The standard InChI is InChI=1S/C20H26N6O2S/c1-3-26-15(2)19(20(23-26)25-13-21-22-14-25)24-29(27,28)18-11-9-17(10-12-18)16-7-5-4-6-8-16/h9-14,16,24H,3-8H2,1-2H3. The number of rotatable bonds is 6. The van der Waals surface area contributed by atoms with E-state index in [1.54, 1.807) is 21.4 Å². The van der Waals surface area contributed by atoms with Crippen LogP contribution in [0.5, 0.6) is 0 Å². The normalized spacial score (nSPS) is 15.5. The second-order valence-corrected chi connectivity index (χ2v) is 9.16. The number of aryl methyl sites for hydroxylation is 1. The molecule has 1 N–H and O–H groups in total. The van der Waals surface area contributed by atoms with Gasteiger partial charge in [0.15, 0.2) is 5.82 Å². The summed E-state index contributed by atoms with van der Waals surface area (Å²) in [6, 6.07) is 7.30. The monoisotopic (exact) mass is 414 g/mol. The van der Waals surface area contributed by atoms with Crippen molar-refractivity contribution in [3.63, 3.8) is 0 Å². The maximum atomic E-state index is 13.1. The highest BCUT2D eigenvalue weighted by atomic mass is 32.2. The lowest BCUT2D eigenvalue weighted by Crippen LogP contribution is -2.15. The molecular formula is C20H26N6O2S. The number of sulfonamides is 1. The molecule has 0 saturated heterocycles. The first-order valence-electron chi connectivity index (χ1n) is 10.0. The molecule has 2 aromatic heterocycles. The van der Waals surface area contributed by atoms with E-state index >= 15 is 0 Å². The summed E-state index contributed by atoms with van der Waals surface area (Å²) < 4.78 is 32.2. The molecule has 0 atom stereocenters. The second-order valence-electron chi connectivity index (χ2n) is 7.48. The minimum absolute atomic E-state index is 0.246. The number of hydrogen-bond acceptors (Lipinski definition) is 5. The van der Waals surface area contributed by atoms with E-state index < -0.39 is 10.0 Å². The van der Waals surface area contributed by atoms with Crippen LogP contribution in [-0.4, -0.2) is 33.0 Å². The van der Waals surface area contributed by atoms with Crippen molar-refractivity contribution < 1.29 is 8.42 Å². The van der Waals surface area contributed by atoms with Gasteiger partial charge in [-0.1, -0.05) is 31.4 Å². The number of hydrogen-bond donors (Lipinski definition) is 1. The van der Waals surface area contributed by atoms with E-state index in [9.17, 15) is 8.42 Å². The fourth-order valence-electron chi connectivity index (χ4n) is 4.00. The molecular weight excluding hydrogens is 388 g/mol. The van der Waals surface area contributed by atoms with Crippen molar-refractivity contribution in [3.05, 3.63) is 48.2 Å². The van der Waals surface area contributed by atoms with Gasteiger partial charge in [0.25, 0.3) is 10.0 Å². The number of nitrogens with zero attached hydrogens (tertiary/aromatic N) is 5. The van der Waals surface area contributed by atoms with Gasteiger partial charge in [0, 0.05) is 6.54 Å². The van der Waals surface area contributed by atoms with Gasteiger partial charge in [0.05, 0.1) is 10.6 Å². The lowest BCUT2D eigenvalue weighted by Gasteiger charge is -2.22. The minimum Gasteiger partial charge on any atom is -0.274 e. The molecule has 0 aliphatic heterocycles. The highest BCUT2D eigenvalue weighted by molar-refractivity contribution is 7.92. The van der Waals surface area contributed by atoms with Crippen molar-refractivity contribution in [2.45, 2.75) is 63.3 Å². The Kier molecular flexibility index (Phi) is 5.40. The highest BCUT2D eigenvalue weighted by Crippen LogP contribution is 2.33. The molecule has 1 aromatic carbocycles. The van der Waals surface area contributed by atoms with Crippen LogP contribution in [0.1, 0.15) is 56.2 Å². The molecule has 1 fully saturated rings. The van der Waals surface area contributed by atoms with Gasteiger partial charge in [-0.15, -0.1) is 10.2 Å². The fraction of sp³-hybridized carbons (Fsp3) is 0.450. The Morgan fingerprint density at radius 3 is 2.34 bits per heavy atom. The molecule has 2 heterocycles. The van der Waals surface area contributed by atoms with Gasteiger partial charge in [-0.25, -0.2) is 8.42 Å². The zero-order valence-corrected chi connectivity index (χ0v) is 17.6. The Morgan fingerprint density at radius 1 is 1.07 bits per heavy atom. The van der Waals surface area contributed by atoms with Crippen LogP contribution >= 0.6 is 0 Å². The van der Waals surface area contributed by atoms with Crippen molar-refractivity contribution >= 4 is 15.7 Å². The summed E-state index contributed by atoms with van der Waals surface area (Å²) >= 11 is 0. The fourth-order valence-corrected chi connectivity index (χ4v) is 5.12. The van der Waals surface area contributed by atoms with Crippen LogP contribution < -0.4 is 4.72 Å². The van der Waals surface area contributed by atoms with Crippen LogP contribution in [0.2, 0.25) is 0 Å². The van der Waals surface area contributed by atoms with E-state index in [-0.39, 0.29) is 4.90 Å². The Hall–Kier alpha value is -2.68. The Balaban J connectivity index is 1.63. The number of aromatic nitrogens is 5. The maximum absolute atomic E-state index is 13.1. The third-order valence-corrected chi connectivity index (χ3v) is 7.02. The van der Waals surface area contributed by atoms with E-state index in [4.69, 9.17) is 0 Å². The van der Waals surface area contributed by atoms with E-state index in [0.717, 1.165) is 5.69 Å². The van der Waals surface area contributed by atoms with Gasteiger partial charge >= 0.3 is 0 Å². The lowest BCUT2D eigenvalue weighted by molar-refractivity contribution is 0.443. The van der Waals surface area contributed by atoms with Gasteiger partial charge < -0.3 is 0 Å². The van der Waals surface area contributed by atoms with Crippen LogP contribution in [0, 0.1) is 6.92 Å². The predicted molar refractivity (Wildman–Crippen MR) is 111 cm³/mol. The summed E-state index contributed by atoms with van der Waals surface area (Å²) in [6.45, 7) is 4.42. The average molecular weight is 415 g/mol. The number of anilines is 1. The topological polar surface area (TPSA) is 94.7 Å². The molecule has 1 aliphatic rings. The molecule has 0 spiro atoms. The average Bonchev–Trinajstić information content (AvgIpc) is 3.37. The first-order valence-corrected chi connectivity index (χ1v) is 11.5. The first kappa shape index (κ1) is 19.6. The summed E-state index contributed by atoms with van der Waals surface area (Å²) in [4.78, 5) is 0.246. The lowest BCUT2D eigenvalue weighted by atomic mass is 9.84. The molecule has 8 nitrogen and oxygen atoms in total. The highest BCUT2D eigenvalue weighted by Gasteiger charge is 2.23. The van der Waals surface area contributed by atoms with Crippen molar-refractivity contribution in [2.24, 2.45) is 0 Å². The largest absolute Gasteiger partial charge is 0.274 e. The smallest absolute Gasteiger partial charge is 0.262 e. The third kappa shape index (κ3) is 3.91. The van der Waals surface area contributed by atoms with Crippen molar-refractivity contribution in [1.29, 1.82) is 0 Å². The van der Waals surface area contributed by atoms with Crippen molar-refractivity contribution in [1.82, 2.24) is 24.5 Å². The number of benzene rings is 1. The van der Waals surface area contributed by atoms with Gasteiger partial charge in [0.1, 0.15) is 18.3 Å². The quantitative estimate of drug-likeness (QED) is 0.664. The van der Waals surface area contributed by atoms with Crippen LogP contribution in [-0.2, 0) is 16.6 Å². The molecule has 9 heteroatoms. The van der Waals surface area contributed by atoms with E-state index in [2.05, 4.69) is 20.0 Å². The van der Waals surface area contributed by atoms with Crippen LogP contribution in [0.4, 0.5) is 5.69 Å². The summed E-state index contributed by atoms with van der Waals surface area (Å²) in [7, 11) is -3.75. The van der Waals surface area contributed by atoms with E-state index in [0.29, 0.717) is 24.0 Å². The SMILES string of the molecule is CCn1nc(-n2cnnc2)c(NS(=O)(=O)c2ccc(C3CCCCC3)cc2)c1C. The van der Waals surface area contributed by atoms with Gasteiger partial charge in [-0.2, -0.15) is 5.10 Å². The second kappa shape index (κ2) is 7.98. The summed E-state index contributed by atoms with van der Waals surface area (Å²) in [5.41, 5.74) is 2.39. The zero-order valence-electron chi connectivity index (χ0n) is 16.7. The molecule has 1 saturated carbocycles. The molecule has 0 radical (unpaired) electrons. The van der Waals surface area contributed by atoms with Gasteiger partial charge in [-0.05, 0) is 50.3 Å².